The summed E-state index contributed by atoms with van der Waals surface area (Å²) in [5.41, 5.74) is 2.24. The largest absolute Gasteiger partial charge is 0.343 e. The smallest absolute Gasteiger partial charge is 0.225 e. The van der Waals surface area contributed by atoms with Crippen molar-refractivity contribution in [3.63, 3.8) is 0 Å². The van der Waals surface area contributed by atoms with E-state index in [-0.39, 0.29) is 0 Å². The minimum Gasteiger partial charge on any atom is -0.343 e. The highest BCUT2D eigenvalue weighted by atomic mass is 16.2. The van der Waals surface area contributed by atoms with E-state index in [2.05, 4.69) is 33.9 Å². The number of nitrogens with one attached hydrogen (secondary N) is 1. The number of amides is 1. The van der Waals surface area contributed by atoms with E-state index in [0.717, 1.165) is 38.0 Å². The highest BCUT2D eigenvalue weighted by Crippen LogP contribution is 2.40. The minimum atomic E-state index is 0.318. The van der Waals surface area contributed by atoms with Crippen LogP contribution in [0, 0.1) is 11.8 Å². The van der Waals surface area contributed by atoms with Gasteiger partial charge in [-0.1, -0.05) is 6.92 Å². The molecule has 110 valence electrons. The van der Waals surface area contributed by atoms with Crippen molar-refractivity contribution in [3.8, 4) is 0 Å². The number of aromatic nitrogens is 2. The van der Waals surface area contributed by atoms with Crippen molar-refractivity contribution in [2.75, 3.05) is 13.1 Å². The van der Waals surface area contributed by atoms with Crippen molar-refractivity contribution in [2.45, 2.75) is 32.1 Å². The van der Waals surface area contributed by atoms with Crippen LogP contribution in [0.2, 0.25) is 0 Å². The van der Waals surface area contributed by atoms with Crippen LogP contribution in [0.15, 0.2) is 24.4 Å². The van der Waals surface area contributed by atoms with Crippen LogP contribution in [-0.2, 0) is 4.79 Å². The lowest BCUT2D eigenvalue weighted by molar-refractivity contribution is -0.133. The summed E-state index contributed by atoms with van der Waals surface area (Å²) in [7, 11) is 0. The van der Waals surface area contributed by atoms with Crippen LogP contribution in [0.4, 0.5) is 0 Å². The van der Waals surface area contributed by atoms with Gasteiger partial charge in [-0.25, -0.2) is 4.98 Å². The molecule has 1 amide bonds. The van der Waals surface area contributed by atoms with E-state index in [1.807, 2.05) is 12.3 Å². The highest BCUT2D eigenvalue weighted by molar-refractivity contribution is 5.81. The average Bonchev–Trinajstić information content (AvgIpc) is 3.09. The molecule has 2 atom stereocenters. The first-order valence-corrected chi connectivity index (χ1v) is 7.95. The molecule has 21 heavy (non-hydrogen) atoms. The van der Waals surface area contributed by atoms with Gasteiger partial charge < -0.3 is 9.88 Å². The predicted molar refractivity (Wildman–Crippen MR) is 81.9 cm³/mol. The molecule has 0 bridgehead atoms. The number of hydrogen-bond acceptors (Lipinski definition) is 2. The lowest BCUT2D eigenvalue weighted by atomic mass is 9.93. The Balaban J connectivity index is 1.43. The fourth-order valence-corrected chi connectivity index (χ4v) is 3.51. The van der Waals surface area contributed by atoms with Crippen LogP contribution in [0.5, 0.6) is 0 Å². The van der Waals surface area contributed by atoms with Crippen molar-refractivity contribution >= 4 is 16.9 Å². The number of rotatable bonds is 2. The Bertz CT molecular complexity index is 636. The summed E-state index contributed by atoms with van der Waals surface area (Å²) in [5.74, 6) is 1.84. The fourth-order valence-electron chi connectivity index (χ4n) is 3.51. The quantitative estimate of drug-likeness (QED) is 0.921. The maximum absolute atomic E-state index is 12.3. The van der Waals surface area contributed by atoms with E-state index in [9.17, 15) is 4.79 Å². The first kappa shape index (κ1) is 12.9. The molecular formula is C17H21N3O. The summed E-state index contributed by atoms with van der Waals surface area (Å²) in [6, 6.07) is 6.28. The topological polar surface area (TPSA) is 49.0 Å². The molecule has 1 saturated heterocycles. The van der Waals surface area contributed by atoms with Gasteiger partial charge in [-0.2, -0.15) is 0 Å². The molecule has 0 unspecified atom stereocenters. The second-order valence-electron chi connectivity index (χ2n) is 6.58. The van der Waals surface area contributed by atoms with Gasteiger partial charge in [0.25, 0.3) is 0 Å². The number of fused-ring (bicyclic) bond motifs is 1. The standard InChI is InChI=1S/C17H21N3O/c1-11-9-14(11)17(21)20-7-4-12(5-8-20)15-10-13-3-2-6-18-16(13)19-15/h2-3,6,10-12,14H,4-5,7-9H2,1H3,(H,18,19)/t11-,14+/m1/s1. The van der Waals surface area contributed by atoms with Gasteiger partial charge in [0.1, 0.15) is 5.65 Å². The molecule has 1 saturated carbocycles. The number of carbonyl (C=O) groups excluding carboxylic acids is 1. The van der Waals surface area contributed by atoms with Crippen LogP contribution < -0.4 is 0 Å². The summed E-state index contributed by atoms with van der Waals surface area (Å²) in [5, 5.41) is 1.18. The summed E-state index contributed by atoms with van der Waals surface area (Å²) in [4.78, 5) is 22.1. The Labute approximate surface area is 124 Å². The van der Waals surface area contributed by atoms with E-state index in [1.165, 1.54) is 11.1 Å². The Morgan fingerprint density at radius 2 is 2.14 bits per heavy atom. The number of likely N-dealkylation sites (tertiary alicyclic amines) is 1. The molecule has 2 aliphatic rings. The van der Waals surface area contributed by atoms with Crippen molar-refractivity contribution in [2.24, 2.45) is 11.8 Å². The van der Waals surface area contributed by atoms with Crippen LogP contribution in [0.3, 0.4) is 0 Å². The SMILES string of the molecule is C[C@@H]1C[C@@H]1C(=O)N1CCC(c2cc3cccnc3[nH]2)CC1. The van der Waals surface area contributed by atoms with Gasteiger partial charge in [0, 0.05) is 42.2 Å². The van der Waals surface area contributed by atoms with Gasteiger partial charge in [-0.05, 0) is 43.4 Å². The maximum Gasteiger partial charge on any atom is 0.225 e. The molecule has 0 radical (unpaired) electrons. The van der Waals surface area contributed by atoms with Crippen molar-refractivity contribution in [3.05, 3.63) is 30.1 Å². The number of H-pyrrole nitrogens is 1. The Kier molecular flexibility index (Phi) is 2.98. The van der Waals surface area contributed by atoms with Crippen LogP contribution in [-0.4, -0.2) is 33.9 Å². The fraction of sp³-hybridized carbons (Fsp3) is 0.529. The molecule has 0 aromatic carbocycles. The number of hydrogen-bond donors (Lipinski definition) is 1. The van der Waals surface area contributed by atoms with E-state index < -0.39 is 0 Å². The van der Waals surface area contributed by atoms with E-state index in [0.29, 0.717) is 23.7 Å². The first-order valence-electron chi connectivity index (χ1n) is 7.95. The lowest BCUT2D eigenvalue weighted by Crippen LogP contribution is -2.39. The summed E-state index contributed by atoms with van der Waals surface area (Å²) < 4.78 is 0. The van der Waals surface area contributed by atoms with Gasteiger partial charge in [-0.3, -0.25) is 4.79 Å². The molecule has 1 aliphatic carbocycles. The van der Waals surface area contributed by atoms with Gasteiger partial charge >= 0.3 is 0 Å². The number of nitrogens with zero attached hydrogens (tertiary/aromatic N) is 2. The molecule has 2 aromatic rings. The zero-order valence-electron chi connectivity index (χ0n) is 12.4. The molecule has 3 heterocycles. The molecule has 4 heteroatoms. The molecule has 2 fully saturated rings. The molecular weight excluding hydrogens is 262 g/mol. The number of carbonyl (C=O) groups is 1. The number of pyridine rings is 1. The van der Waals surface area contributed by atoms with Crippen LogP contribution in [0.25, 0.3) is 11.0 Å². The summed E-state index contributed by atoms with van der Waals surface area (Å²) >= 11 is 0. The molecule has 4 nitrogen and oxygen atoms in total. The van der Waals surface area contributed by atoms with Gasteiger partial charge in [0.2, 0.25) is 5.91 Å². The van der Waals surface area contributed by atoms with Crippen molar-refractivity contribution in [1.29, 1.82) is 0 Å². The van der Waals surface area contributed by atoms with Crippen LogP contribution >= 0.6 is 0 Å². The van der Waals surface area contributed by atoms with E-state index in [1.54, 1.807) is 0 Å². The minimum absolute atomic E-state index is 0.318. The second kappa shape index (κ2) is 4.86. The Morgan fingerprint density at radius 1 is 1.38 bits per heavy atom. The predicted octanol–water partition coefficient (Wildman–Crippen LogP) is 2.92. The monoisotopic (exact) mass is 283 g/mol. The normalized spacial score (nSPS) is 26.2. The van der Waals surface area contributed by atoms with Gasteiger partial charge in [-0.15, -0.1) is 0 Å². The lowest BCUT2D eigenvalue weighted by Gasteiger charge is -2.31. The number of aromatic amines is 1. The third-order valence-electron chi connectivity index (χ3n) is 5.09. The first-order chi connectivity index (χ1) is 10.2. The maximum atomic E-state index is 12.3. The zero-order valence-corrected chi connectivity index (χ0v) is 12.4. The van der Waals surface area contributed by atoms with E-state index in [4.69, 9.17) is 0 Å². The molecule has 4 rings (SSSR count). The highest BCUT2D eigenvalue weighted by Gasteiger charge is 2.42. The van der Waals surface area contributed by atoms with Gasteiger partial charge in [0.05, 0.1) is 0 Å². The molecule has 1 N–H and O–H groups in total. The third-order valence-corrected chi connectivity index (χ3v) is 5.09. The third kappa shape index (κ3) is 2.33. The van der Waals surface area contributed by atoms with Crippen molar-refractivity contribution < 1.29 is 4.79 Å². The zero-order chi connectivity index (χ0) is 14.4. The van der Waals surface area contributed by atoms with Gasteiger partial charge in [0.15, 0.2) is 0 Å². The van der Waals surface area contributed by atoms with Crippen molar-refractivity contribution in [1.82, 2.24) is 14.9 Å². The molecule has 0 spiro atoms. The second-order valence-corrected chi connectivity index (χ2v) is 6.58. The Hall–Kier alpha value is -1.84. The van der Waals surface area contributed by atoms with Crippen LogP contribution in [0.1, 0.15) is 37.8 Å². The number of piperidine rings is 1. The molecule has 2 aromatic heterocycles. The summed E-state index contributed by atoms with van der Waals surface area (Å²) in [6.07, 6.45) is 5.02. The van der Waals surface area contributed by atoms with E-state index >= 15 is 0 Å². The average molecular weight is 283 g/mol. The summed E-state index contributed by atoms with van der Waals surface area (Å²) in [6.45, 7) is 3.97. The Morgan fingerprint density at radius 3 is 2.81 bits per heavy atom. The molecule has 1 aliphatic heterocycles.